The summed E-state index contributed by atoms with van der Waals surface area (Å²) in [5, 5.41) is 3.15. The summed E-state index contributed by atoms with van der Waals surface area (Å²) in [5.41, 5.74) is 2.73. The van der Waals surface area contributed by atoms with Crippen LogP contribution < -0.4 is 5.32 Å². The number of hydrogen-bond donors (Lipinski definition) is 1. The van der Waals surface area contributed by atoms with E-state index in [1.165, 1.54) is 17.4 Å². The lowest BCUT2D eigenvalue weighted by Crippen LogP contribution is -2.41. The number of benzene rings is 1. The van der Waals surface area contributed by atoms with E-state index in [0.717, 1.165) is 25.5 Å². The van der Waals surface area contributed by atoms with Gasteiger partial charge in [-0.05, 0) is 24.5 Å². The fourth-order valence-electron chi connectivity index (χ4n) is 2.93. The molecule has 0 spiro atoms. The van der Waals surface area contributed by atoms with Crippen LogP contribution in [-0.2, 0) is 9.84 Å². The number of nitrogens with one attached hydrogen (secondary N) is 1. The molecule has 5 nitrogen and oxygen atoms in total. The fraction of sp³-hybridized carbons (Fsp3) is 0.562. The average Bonchev–Trinajstić information content (AvgIpc) is 2.92. The smallest absolute Gasteiger partial charge is 0.193 e. The number of nitrogens with zero attached hydrogens (tertiary/aromatic N) is 2. The third-order valence-corrected chi connectivity index (χ3v) is 5.03. The number of rotatable bonds is 4. The van der Waals surface area contributed by atoms with Gasteiger partial charge in [-0.3, -0.25) is 4.99 Å². The molecular weight excluding hydrogens is 425 g/mol. The molecule has 0 saturated carbocycles. The molecule has 1 saturated heterocycles. The van der Waals surface area contributed by atoms with E-state index in [4.69, 9.17) is 0 Å². The van der Waals surface area contributed by atoms with Crippen molar-refractivity contribution in [1.82, 2.24) is 10.2 Å². The maximum atomic E-state index is 11.2. The van der Waals surface area contributed by atoms with Gasteiger partial charge in [0.05, 0.1) is 5.75 Å². The lowest BCUT2D eigenvalue weighted by Gasteiger charge is -2.22. The zero-order valence-corrected chi connectivity index (χ0v) is 17.1. The molecule has 0 aliphatic carbocycles. The molecule has 1 fully saturated rings. The summed E-state index contributed by atoms with van der Waals surface area (Å²) in [4.78, 5) is 6.48. The molecule has 1 aromatic carbocycles. The Kier molecular flexibility index (Phi) is 7.79. The van der Waals surface area contributed by atoms with E-state index in [1.54, 1.807) is 7.05 Å². The number of aryl methyl sites for hydroxylation is 1. The Balaban J connectivity index is 0.00000264. The molecular formula is C16H26IN3O2S. The monoisotopic (exact) mass is 451 g/mol. The van der Waals surface area contributed by atoms with E-state index in [9.17, 15) is 8.42 Å². The SMILES string of the molecule is CN=C(NCCS(C)(=O)=O)N1CCC(c2ccccc2C)C1.I. The summed E-state index contributed by atoms with van der Waals surface area (Å²) >= 11 is 0. The first-order valence-electron chi connectivity index (χ1n) is 7.59. The second-order valence-corrected chi connectivity index (χ2v) is 8.15. The van der Waals surface area contributed by atoms with E-state index in [1.807, 2.05) is 0 Å². The van der Waals surface area contributed by atoms with Gasteiger partial charge in [0.2, 0.25) is 0 Å². The van der Waals surface area contributed by atoms with Crippen molar-refractivity contribution in [2.45, 2.75) is 19.3 Å². The van der Waals surface area contributed by atoms with Crippen LogP contribution in [0, 0.1) is 6.92 Å². The van der Waals surface area contributed by atoms with Crippen molar-refractivity contribution < 1.29 is 8.42 Å². The van der Waals surface area contributed by atoms with Crippen LogP contribution in [0.4, 0.5) is 0 Å². The molecule has 0 aromatic heterocycles. The number of aliphatic imine (C=N–C) groups is 1. The van der Waals surface area contributed by atoms with Crippen LogP contribution in [0.2, 0.25) is 0 Å². The van der Waals surface area contributed by atoms with Crippen LogP contribution in [0.3, 0.4) is 0 Å². The van der Waals surface area contributed by atoms with E-state index >= 15 is 0 Å². The first-order chi connectivity index (χ1) is 10.4. The van der Waals surface area contributed by atoms with Crippen molar-refractivity contribution in [2.24, 2.45) is 4.99 Å². The first-order valence-corrected chi connectivity index (χ1v) is 9.65. The summed E-state index contributed by atoms with van der Waals surface area (Å²) in [7, 11) is -1.21. The summed E-state index contributed by atoms with van der Waals surface area (Å²) in [6.07, 6.45) is 2.35. The van der Waals surface area contributed by atoms with Gasteiger partial charge >= 0.3 is 0 Å². The largest absolute Gasteiger partial charge is 0.355 e. The van der Waals surface area contributed by atoms with Crippen molar-refractivity contribution in [3.8, 4) is 0 Å². The Morgan fingerprint density at radius 1 is 1.39 bits per heavy atom. The minimum atomic E-state index is -2.95. The summed E-state index contributed by atoms with van der Waals surface area (Å²) < 4.78 is 22.4. The van der Waals surface area contributed by atoms with Crippen molar-refractivity contribution >= 4 is 39.8 Å². The quantitative estimate of drug-likeness (QED) is 0.433. The third-order valence-electron chi connectivity index (χ3n) is 4.08. The van der Waals surface area contributed by atoms with Crippen molar-refractivity contribution in [2.75, 3.05) is 38.7 Å². The topological polar surface area (TPSA) is 61.8 Å². The van der Waals surface area contributed by atoms with Gasteiger partial charge in [-0.1, -0.05) is 24.3 Å². The highest BCUT2D eigenvalue weighted by Crippen LogP contribution is 2.29. The minimum Gasteiger partial charge on any atom is -0.355 e. The van der Waals surface area contributed by atoms with Crippen LogP contribution >= 0.6 is 24.0 Å². The van der Waals surface area contributed by atoms with Gasteiger partial charge in [-0.2, -0.15) is 0 Å². The number of hydrogen-bond acceptors (Lipinski definition) is 3. The summed E-state index contributed by atoms with van der Waals surface area (Å²) in [5.74, 6) is 1.43. The fourth-order valence-corrected chi connectivity index (χ4v) is 3.40. The molecule has 1 aliphatic heterocycles. The molecule has 1 unspecified atom stereocenters. The molecule has 1 aliphatic rings. The van der Waals surface area contributed by atoms with Gasteiger partial charge in [0.1, 0.15) is 9.84 Å². The lowest BCUT2D eigenvalue weighted by molar-refractivity contribution is 0.488. The van der Waals surface area contributed by atoms with Crippen LogP contribution in [0.25, 0.3) is 0 Å². The lowest BCUT2D eigenvalue weighted by atomic mass is 9.94. The van der Waals surface area contributed by atoms with Crippen molar-refractivity contribution in [3.63, 3.8) is 0 Å². The van der Waals surface area contributed by atoms with E-state index < -0.39 is 9.84 Å². The van der Waals surface area contributed by atoms with Crippen LogP contribution in [0.5, 0.6) is 0 Å². The molecule has 1 aromatic rings. The third kappa shape index (κ3) is 5.95. The van der Waals surface area contributed by atoms with Gasteiger partial charge in [0.15, 0.2) is 5.96 Å². The molecule has 7 heteroatoms. The number of likely N-dealkylation sites (tertiary alicyclic amines) is 1. The molecule has 0 bridgehead atoms. The first kappa shape index (κ1) is 20.2. The van der Waals surface area contributed by atoms with Gasteiger partial charge in [0.25, 0.3) is 0 Å². The maximum absolute atomic E-state index is 11.2. The molecule has 23 heavy (non-hydrogen) atoms. The standard InChI is InChI=1S/C16H25N3O2S.HI/c1-13-6-4-5-7-15(13)14-8-10-19(12-14)16(17-2)18-9-11-22(3,20)21;/h4-7,14H,8-12H2,1-3H3,(H,17,18);1H. The molecule has 0 amide bonds. The Morgan fingerprint density at radius 2 is 2.09 bits per heavy atom. The molecule has 1 heterocycles. The summed E-state index contributed by atoms with van der Waals surface area (Å²) in [6, 6.07) is 8.50. The zero-order chi connectivity index (χ0) is 16.2. The predicted molar refractivity (Wildman–Crippen MR) is 107 cm³/mol. The van der Waals surface area contributed by atoms with Gasteiger partial charge in [0, 0.05) is 38.9 Å². The second-order valence-electron chi connectivity index (χ2n) is 5.89. The molecule has 1 atom stereocenters. The van der Waals surface area contributed by atoms with Gasteiger partial charge in [-0.25, -0.2) is 8.42 Å². The molecule has 0 radical (unpaired) electrons. The van der Waals surface area contributed by atoms with E-state index in [-0.39, 0.29) is 29.7 Å². The van der Waals surface area contributed by atoms with E-state index in [0.29, 0.717) is 12.5 Å². The minimum absolute atomic E-state index is 0. The Hall–Kier alpha value is -0.830. The van der Waals surface area contributed by atoms with Crippen molar-refractivity contribution in [3.05, 3.63) is 35.4 Å². The number of guanidine groups is 1. The Morgan fingerprint density at radius 3 is 2.70 bits per heavy atom. The van der Waals surface area contributed by atoms with Crippen LogP contribution in [0.15, 0.2) is 29.3 Å². The summed E-state index contributed by atoms with van der Waals surface area (Å²) in [6.45, 7) is 4.41. The number of halogens is 1. The predicted octanol–water partition coefficient (Wildman–Crippen LogP) is 2.02. The van der Waals surface area contributed by atoms with E-state index in [2.05, 4.69) is 46.4 Å². The average molecular weight is 451 g/mol. The maximum Gasteiger partial charge on any atom is 0.193 e. The highest BCUT2D eigenvalue weighted by Gasteiger charge is 2.26. The van der Waals surface area contributed by atoms with Crippen LogP contribution in [-0.4, -0.2) is 58.0 Å². The Bertz CT molecular complexity index is 646. The Labute approximate surface area is 156 Å². The zero-order valence-electron chi connectivity index (χ0n) is 13.9. The molecule has 130 valence electrons. The molecule has 2 rings (SSSR count). The van der Waals surface area contributed by atoms with Crippen LogP contribution in [0.1, 0.15) is 23.5 Å². The van der Waals surface area contributed by atoms with Gasteiger partial charge in [-0.15, -0.1) is 24.0 Å². The number of sulfone groups is 1. The highest BCUT2D eigenvalue weighted by molar-refractivity contribution is 14.0. The van der Waals surface area contributed by atoms with Crippen molar-refractivity contribution in [1.29, 1.82) is 0 Å². The van der Waals surface area contributed by atoms with Gasteiger partial charge < -0.3 is 10.2 Å². The highest BCUT2D eigenvalue weighted by atomic mass is 127. The normalized spacial score (nSPS) is 18.7. The second kappa shape index (κ2) is 8.86. The molecule has 1 N–H and O–H groups in total.